The average Bonchev–Trinajstić information content (AvgIpc) is 2.81. The summed E-state index contributed by atoms with van der Waals surface area (Å²) in [6.45, 7) is 1.89. The minimum atomic E-state index is -3.39. The van der Waals surface area contributed by atoms with Crippen LogP contribution < -0.4 is 0 Å². The lowest BCUT2D eigenvalue weighted by Gasteiger charge is -2.01. The summed E-state index contributed by atoms with van der Waals surface area (Å²) in [6.07, 6.45) is 0.630. The molecule has 1 aromatic heterocycles. The summed E-state index contributed by atoms with van der Waals surface area (Å²) in [5.41, 5.74) is 0.672. The molecule has 0 aliphatic carbocycles. The van der Waals surface area contributed by atoms with Gasteiger partial charge in [-0.3, -0.25) is 0 Å². The Morgan fingerprint density at radius 3 is 2.53 bits per heavy atom. The topological polar surface area (TPSA) is 70.8 Å². The standard InChI is InChI=1S/C13H12N2O2S2/c1-2-11-12(8-14)18-13(15-11)9-19(16,17)10-6-4-3-5-7-10/h3-7H,2,9H2,1H3. The van der Waals surface area contributed by atoms with E-state index in [1.54, 1.807) is 30.3 Å². The first kappa shape index (κ1) is 13.7. The van der Waals surface area contributed by atoms with E-state index in [0.29, 0.717) is 22.0 Å². The summed E-state index contributed by atoms with van der Waals surface area (Å²) in [4.78, 5) is 5.01. The van der Waals surface area contributed by atoms with Gasteiger partial charge in [-0.25, -0.2) is 13.4 Å². The molecule has 98 valence electrons. The summed E-state index contributed by atoms with van der Waals surface area (Å²) in [5.74, 6) is -0.156. The number of hydrogen-bond acceptors (Lipinski definition) is 5. The first-order valence-electron chi connectivity index (χ1n) is 5.73. The molecule has 0 atom stereocenters. The van der Waals surface area contributed by atoms with E-state index in [4.69, 9.17) is 5.26 Å². The molecule has 0 amide bonds. The van der Waals surface area contributed by atoms with E-state index in [2.05, 4.69) is 11.1 Å². The number of sulfone groups is 1. The van der Waals surface area contributed by atoms with Gasteiger partial charge in [-0.15, -0.1) is 11.3 Å². The van der Waals surface area contributed by atoms with E-state index in [0.717, 1.165) is 11.3 Å². The normalized spacial score (nSPS) is 11.2. The maximum Gasteiger partial charge on any atom is 0.184 e. The van der Waals surface area contributed by atoms with Gasteiger partial charge in [0, 0.05) is 0 Å². The molecule has 0 saturated carbocycles. The van der Waals surface area contributed by atoms with E-state index in [1.165, 1.54) is 0 Å². The van der Waals surface area contributed by atoms with Crippen LogP contribution in [0.3, 0.4) is 0 Å². The molecule has 0 spiro atoms. The minimum absolute atomic E-state index is 0.156. The Morgan fingerprint density at radius 1 is 1.32 bits per heavy atom. The lowest BCUT2D eigenvalue weighted by molar-refractivity contribution is 0.595. The van der Waals surface area contributed by atoms with E-state index < -0.39 is 9.84 Å². The summed E-state index contributed by atoms with van der Waals surface area (Å²) in [5, 5.41) is 9.42. The lowest BCUT2D eigenvalue weighted by Crippen LogP contribution is -2.04. The van der Waals surface area contributed by atoms with Gasteiger partial charge < -0.3 is 0 Å². The highest BCUT2D eigenvalue weighted by molar-refractivity contribution is 7.90. The summed E-state index contributed by atoms with van der Waals surface area (Å²) < 4.78 is 24.4. The Balaban J connectivity index is 2.32. The minimum Gasteiger partial charge on any atom is -0.244 e. The highest BCUT2D eigenvalue weighted by Gasteiger charge is 2.19. The monoisotopic (exact) mass is 292 g/mol. The zero-order chi connectivity index (χ0) is 13.9. The molecule has 0 aliphatic heterocycles. The number of hydrogen-bond donors (Lipinski definition) is 0. The number of nitriles is 1. The van der Waals surface area contributed by atoms with Gasteiger partial charge in [0.25, 0.3) is 0 Å². The third-order valence-electron chi connectivity index (χ3n) is 2.59. The SMILES string of the molecule is CCc1nc(CS(=O)(=O)c2ccccc2)sc1C#N. The van der Waals surface area contributed by atoms with Gasteiger partial charge in [0.2, 0.25) is 0 Å². The Kier molecular flexibility index (Phi) is 3.98. The number of aromatic nitrogens is 1. The highest BCUT2D eigenvalue weighted by atomic mass is 32.2. The van der Waals surface area contributed by atoms with Crippen molar-refractivity contribution in [2.45, 2.75) is 24.0 Å². The largest absolute Gasteiger partial charge is 0.244 e. The van der Waals surface area contributed by atoms with Crippen molar-refractivity contribution in [3.8, 4) is 6.07 Å². The van der Waals surface area contributed by atoms with Crippen molar-refractivity contribution in [2.75, 3.05) is 0 Å². The molecule has 19 heavy (non-hydrogen) atoms. The second kappa shape index (κ2) is 5.51. The first-order chi connectivity index (χ1) is 9.06. The summed E-state index contributed by atoms with van der Waals surface area (Å²) in [6, 6.07) is 10.3. The van der Waals surface area contributed by atoms with Crippen molar-refractivity contribution >= 4 is 21.2 Å². The number of benzene rings is 1. The number of aryl methyl sites for hydroxylation is 1. The molecule has 1 heterocycles. The molecule has 6 heteroatoms. The molecule has 2 rings (SSSR count). The quantitative estimate of drug-likeness (QED) is 0.868. The highest BCUT2D eigenvalue weighted by Crippen LogP contribution is 2.23. The van der Waals surface area contributed by atoms with Gasteiger partial charge in [-0.05, 0) is 18.6 Å². The molecule has 0 saturated heterocycles. The maximum atomic E-state index is 12.2. The Bertz CT molecular complexity index is 713. The van der Waals surface area contributed by atoms with Crippen LogP contribution in [0.2, 0.25) is 0 Å². The average molecular weight is 292 g/mol. The zero-order valence-corrected chi connectivity index (χ0v) is 12.0. The molecule has 0 unspecified atom stereocenters. The fraction of sp³-hybridized carbons (Fsp3) is 0.231. The van der Waals surface area contributed by atoms with E-state index >= 15 is 0 Å². The second-order valence-corrected chi connectivity index (χ2v) is 6.99. The molecule has 4 nitrogen and oxygen atoms in total. The fourth-order valence-corrected chi connectivity index (χ4v) is 4.24. The van der Waals surface area contributed by atoms with Crippen molar-refractivity contribution < 1.29 is 8.42 Å². The van der Waals surface area contributed by atoms with E-state index in [1.807, 2.05) is 6.92 Å². The van der Waals surface area contributed by atoms with Crippen LogP contribution in [0.5, 0.6) is 0 Å². The van der Waals surface area contributed by atoms with E-state index in [9.17, 15) is 8.42 Å². The molecule has 0 bridgehead atoms. The predicted octanol–water partition coefficient (Wildman–Crippen LogP) is 2.55. The molecule has 0 fully saturated rings. The molecular formula is C13H12N2O2S2. The van der Waals surface area contributed by atoms with Crippen molar-refractivity contribution in [2.24, 2.45) is 0 Å². The molecule has 0 radical (unpaired) electrons. The maximum absolute atomic E-state index is 12.2. The van der Waals surface area contributed by atoms with Crippen LogP contribution in [0.15, 0.2) is 35.2 Å². The third kappa shape index (κ3) is 3.00. The number of nitrogens with zero attached hydrogens (tertiary/aromatic N) is 2. The van der Waals surface area contributed by atoms with Crippen LogP contribution >= 0.6 is 11.3 Å². The first-order valence-corrected chi connectivity index (χ1v) is 8.20. The van der Waals surface area contributed by atoms with Crippen LogP contribution in [-0.4, -0.2) is 13.4 Å². The molecular weight excluding hydrogens is 280 g/mol. The van der Waals surface area contributed by atoms with Crippen molar-refractivity contribution in [3.05, 3.63) is 45.9 Å². The van der Waals surface area contributed by atoms with E-state index in [-0.39, 0.29) is 10.6 Å². The van der Waals surface area contributed by atoms with Crippen LogP contribution in [0.1, 0.15) is 22.5 Å². The number of rotatable bonds is 4. The van der Waals surface area contributed by atoms with Crippen molar-refractivity contribution in [1.82, 2.24) is 4.98 Å². The summed E-state index contributed by atoms with van der Waals surface area (Å²) in [7, 11) is -3.39. The van der Waals surface area contributed by atoms with Crippen LogP contribution in [0, 0.1) is 11.3 Å². The van der Waals surface area contributed by atoms with Gasteiger partial charge in [-0.2, -0.15) is 5.26 Å². The number of thiazole rings is 1. The Hall–Kier alpha value is -1.71. The van der Waals surface area contributed by atoms with Gasteiger partial charge in [0.15, 0.2) is 9.84 Å². The van der Waals surface area contributed by atoms with Crippen LogP contribution in [0.25, 0.3) is 0 Å². The Labute approximate surface area is 116 Å². The van der Waals surface area contributed by atoms with Gasteiger partial charge in [0.1, 0.15) is 21.7 Å². The Morgan fingerprint density at radius 2 is 2.00 bits per heavy atom. The van der Waals surface area contributed by atoms with Crippen molar-refractivity contribution in [1.29, 1.82) is 5.26 Å². The third-order valence-corrected chi connectivity index (χ3v) is 5.42. The molecule has 1 aromatic carbocycles. The molecule has 0 aliphatic rings. The van der Waals surface area contributed by atoms with Gasteiger partial charge in [-0.1, -0.05) is 25.1 Å². The van der Waals surface area contributed by atoms with Crippen LogP contribution in [-0.2, 0) is 22.0 Å². The van der Waals surface area contributed by atoms with Crippen LogP contribution in [0.4, 0.5) is 0 Å². The van der Waals surface area contributed by atoms with Gasteiger partial charge >= 0.3 is 0 Å². The van der Waals surface area contributed by atoms with Gasteiger partial charge in [0.05, 0.1) is 10.6 Å². The second-order valence-electron chi connectivity index (χ2n) is 3.92. The molecule has 2 aromatic rings. The smallest absolute Gasteiger partial charge is 0.184 e. The molecule has 0 N–H and O–H groups in total. The summed E-state index contributed by atoms with van der Waals surface area (Å²) >= 11 is 1.15. The zero-order valence-electron chi connectivity index (χ0n) is 10.3. The fourth-order valence-electron chi connectivity index (χ4n) is 1.66. The van der Waals surface area contributed by atoms with Crippen molar-refractivity contribution in [3.63, 3.8) is 0 Å². The predicted molar refractivity (Wildman–Crippen MR) is 73.5 cm³/mol. The lowest BCUT2D eigenvalue weighted by atomic mass is 10.3.